The Bertz CT molecular complexity index is 99.1. The van der Waals surface area contributed by atoms with E-state index in [2.05, 4.69) is 6.92 Å². The van der Waals surface area contributed by atoms with E-state index < -0.39 is 0 Å². The van der Waals surface area contributed by atoms with Crippen LogP contribution in [0.15, 0.2) is 0 Å². The minimum atomic E-state index is 0.931. The number of fused-ring (bicyclic) bond motifs is 1. The van der Waals surface area contributed by atoms with Gasteiger partial charge in [-0.25, -0.2) is 0 Å². The molecule has 0 bridgehead atoms. The molecule has 0 aromatic heterocycles. The molecule has 2 rings (SSSR count). The van der Waals surface area contributed by atoms with Gasteiger partial charge in [-0.1, -0.05) is 6.92 Å². The molecule has 2 atom stereocenters. The standard InChI is InChI=1S/C8H14O/c1-6-2-7-4-9-5-8(7)3-6/h6-8H,2-5H2,1H3. The van der Waals surface area contributed by atoms with E-state index in [0.29, 0.717) is 0 Å². The molecule has 9 heavy (non-hydrogen) atoms. The molecule has 1 saturated carbocycles. The molecule has 0 amide bonds. The molecule has 0 radical (unpaired) electrons. The second-order valence-electron chi connectivity index (χ2n) is 3.63. The van der Waals surface area contributed by atoms with Gasteiger partial charge >= 0.3 is 0 Å². The van der Waals surface area contributed by atoms with Crippen LogP contribution in [0.2, 0.25) is 0 Å². The maximum Gasteiger partial charge on any atom is 0.0498 e. The minimum absolute atomic E-state index is 0.931. The fraction of sp³-hybridized carbons (Fsp3) is 1.00. The van der Waals surface area contributed by atoms with Crippen LogP contribution in [0, 0.1) is 17.8 Å². The fourth-order valence-electron chi connectivity index (χ4n) is 2.29. The summed E-state index contributed by atoms with van der Waals surface area (Å²) in [5.74, 6) is 2.84. The van der Waals surface area contributed by atoms with Gasteiger partial charge in [-0.2, -0.15) is 0 Å². The summed E-state index contributed by atoms with van der Waals surface area (Å²) in [5.41, 5.74) is 0. The Kier molecular flexibility index (Phi) is 1.26. The van der Waals surface area contributed by atoms with Crippen molar-refractivity contribution in [1.29, 1.82) is 0 Å². The monoisotopic (exact) mass is 126 g/mol. The number of hydrogen-bond acceptors (Lipinski definition) is 1. The molecule has 0 aromatic rings. The molecule has 1 saturated heterocycles. The van der Waals surface area contributed by atoms with Crippen LogP contribution < -0.4 is 0 Å². The summed E-state index contributed by atoms with van der Waals surface area (Å²) < 4.78 is 5.36. The maximum absolute atomic E-state index is 5.36. The lowest BCUT2D eigenvalue weighted by Crippen LogP contribution is -2.01. The number of rotatable bonds is 0. The molecule has 1 heterocycles. The molecule has 52 valence electrons. The topological polar surface area (TPSA) is 9.23 Å². The largest absolute Gasteiger partial charge is 0.381 e. The van der Waals surface area contributed by atoms with Crippen LogP contribution in [0.5, 0.6) is 0 Å². The van der Waals surface area contributed by atoms with Gasteiger partial charge in [0.15, 0.2) is 0 Å². The highest BCUT2D eigenvalue weighted by molar-refractivity contribution is 4.84. The van der Waals surface area contributed by atoms with Crippen LogP contribution in [0.1, 0.15) is 19.8 Å². The third-order valence-corrected chi connectivity index (χ3v) is 2.74. The van der Waals surface area contributed by atoms with E-state index in [1.165, 1.54) is 12.8 Å². The quantitative estimate of drug-likeness (QED) is 0.480. The smallest absolute Gasteiger partial charge is 0.0498 e. The first-order chi connectivity index (χ1) is 4.36. The highest BCUT2D eigenvalue weighted by atomic mass is 16.5. The molecular weight excluding hydrogens is 112 g/mol. The SMILES string of the molecule is CC1CC2COCC2C1. The van der Waals surface area contributed by atoms with E-state index in [-0.39, 0.29) is 0 Å². The van der Waals surface area contributed by atoms with Crippen LogP contribution in [0.4, 0.5) is 0 Å². The molecule has 1 aliphatic heterocycles. The highest BCUT2D eigenvalue weighted by Gasteiger charge is 2.35. The Morgan fingerprint density at radius 3 is 2.22 bits per heavy atom. The van der Waals surface area contributed by atoms with Crippen LogP contribution in [-0.2, 0) is 4.74 Å². The van der Waals surface area contributed by atoms with Crippen molar-refractivity contribution < 1.29 is 4.74 Å². The van der Waals surface area contributed by atoms with E-state index in [1.54, 1.807) is 0 Å². The molecule has 0 aromatic carbocycles. The van der Waals surface area contributed by atoms with Crippen LogP contribution in [-0.4, -0.2) is 13.2 Å². The summed E-state index contributed by atoms with van der Waals surface area (Å²) in [5, 5.41) is 0. The van der Waals surface area contributed by atoms with Crippen molar-refractivity contribution in [1.82, 2.24) is 0 Å². The van der Waals surface area contributed by atoms with E-state index in [1.807, 2.05) is 0 Å². The molecular formula is C8H14O. The molecule has 1 nitrogen and oxygen atoms in total. The first kappa shape index (κ1) is 5.72. The highest BCUT2D eigenvalue weighted by Crippen LogP contribution is 2.39. The first-order valence-electron chi connectivity index (χ1n) is 3.94. The first-order valence-corrected chi connectivity index (χ1v) is 3.94. The van der Waals surface area contributed by atoms with Gasteiger partial charge < -0.3 is 4.74 Å². The van der Waals surface area contributed by atoms with Gasteiger partial charge in [-0.15, -0.1) is 0 Å². The zero-order valence-electron chi connectivity index (χ0n) is 5.97. The van der Waals surface area contributed by atoms with Crippen molar-refractivity contribution in [2.75, 3.05) is 13.2 Å². The van der Waals surface area contributed by atoms with Crippen molar-refractivity contribution >= 4 is 0 Å². The molecule has 0 N–H and O–H groups in total. The lowest BCUT2D eigenvalue weighted by molar-refractivity contribution is 0.168. The zero-order valence-corrected chi connectivity index (χ0v) is 5.97. The van der Waals surface area contributed by atoms with E-state index in [0.717, 1.165) is 31.0 Å². The normalized spacial score (nSPS) is 49.7. The third-order valence-electron chi connectivity index (χ3n) is 2.74. The molecule has 1 heteroatoms. The van der Waals surface area contributed by atoms with Crippen molar-refractivity contribution in [3.63, 3.8) is 0 Å². The van der Waals surface area contributed by atoms with Crippen LogP contribution in [0.25, 0.3) is 0 Å². The summed E-state index contributed by atoms with van der Waals surface area (Å²) in [6.07, 6.45) is 2.84. The maximum atomic E-state index is 5.36. The summed E-state index contributed by atoms with van der Waals surface area (Å²) >= 11 is 0. The van der Waals surface area contributed by atoms with E-state index >= 15 is 0 Å². The predicted octanol–water partition coefficient (Wildman–Crippen LogP) is 1.68. The summed E-state index contributed by atoms with van der Waals surface area (Å²) in [4.78, 5) is 0. The Balaban J connectivity index is 2.02. The lowest BCUT2D eigenvalue weighted by Gasteiger charge is -2.01. The van der Waals surface area contributed by atoms with Crippen molar-refractivity contribution in [2.45, 2.75) is 19.8 Å². The fourth-order valence-corrected chi connectivity index (χ4v) is 2.29. The Morgan fingerprint density at radius 2 is 1.67 bits per heavy atom. The second kappa shape index (κ2) is 1.98. The average Bonchev–Trinajstić information content (AvgIpc) is 2.22. The Labute approximate surface area is 56.4 Å². The Hall–Kier alpha value is -0.0400. The van der Waals surface area contributed by atoms with Crippen LogP contribution >= 0.6 is 0 Å². The zero-order chi connectivity index (χ0) is 6.27. The molecule has 2 unspecified atom stereocenters. The Morgan fingerprint density at radius 1 is 1.11 bits per heavy atom. The average molecular weight is 126 g/mol. The second-order valence-corrected chi connectivity index (χ2v) is 3.63. The van der Waals surface area contributed by atoms with Gasteiger partial charge in [0.25, 0.3) is 0 Å². The minimum Gasteiger partial charge on any atom is -0.381 e. The van der Waals surface area contributed by atoms with Crippen LogP contribution in [0.3, 0.4) is 0 Å². The summed E-state index contributed by atoms with van der Waals surface area (Å²) in [6, 6.07) is 0. The summed E-state index contributed by atoms with van der Waals surface area (Å²) in [6.45, 7) is 4.46. The third kappa shape index (κ3) is 0.877. The molecule has 1 aliphatic carbocycles. The van der Waals surface area contributed by atoms with Crippen molar-refractivity contribution in [3.8, 4) is 0 Å². The molecule has 2 aliphatic rings. The van der Waals surface area contributed by atoms with Crippen molar-refractivity contribution in [2.24, 2.45) is 17.8 Å². The van der Waals surface area contributed by atoms with Gasteiger partial charge in [-0.05, 0) is 30.6 Å². The van der Waals surface area contributed by atoms with Gasteiger partial charge in [0.2, 0.25) is 0 Å². The van der Waals surface area contributed by atoms with Gasteiger partial charge in [0.05, 0.1) is 0 Å². The summed E-state index contributed by atoms with van der Waals surface area (Å²) in [7, 11) is 0. The molecule has 0 spiro atoms. The van der Waals surface area contributed by atoms with Gasteiger partial charge in [0.1, 0.15) is 0 Å². The van der Waals surface area contributed by atoms with Crippen molar-refractivity contribution in [3.05, 3.63) is 0 Å². The molecule has 2 fully saturated rings. The lowest BCUT2D eigenvalue weighted by atomic mass is 10.0. The van der Waals surface area contributed by atoms with E-state index in [4.69, 9.17) is 4.74 Å². The number of hydrogen-bond donors (Lipinski definition) is 0. The van der Waals surface area contributed by atoms with E-state index in [9.17, 15) is 0 Å². The predicted molar refractivity (Wildman–Crippen MR) is 36.2 cm³/mol. The van der Waals surface area contributed by atoms with Gasteiger partial charge in [0, 0.05) is 13.2 Å². The number of ether oxygens (including phenoxy) is 1. The van der Waals surface area contributed by atoms with Gasteiger partial charge in [-0.3, -0.25) is 0 Å².